The first-order chi connectivity index (χ1) is 13.9. The summed E-state index contributed by atoms with van der Waals surface area (Å²) in [5.74, 6) is 2.46. The molecule has 2 aromatic heterocycles. The quantitative estimate of drug-likeness (QED) is 0.429. The summed E-state index contributed by atoms with van der Waals surface area (Å²) in [5.41, 5.74) is 3.38. The number of thioether (sulfide) groups is 1. The Labute approximate surface area is 174 Å². The van der Waals surface area contributed by atoms with Gasteiger partial charge in [0.15, 0.2) is 11.0 Å². The maximum absolute atomic E-state index is 5.77. The average molecular weight is 406 g/mol. The molecule has 148 valence electrons. The van der Waals surface area contributed by atoms with E-state index in [1.807, 2.05) is 41.9 Å². The van der Waals surface area contributed by atoms with E-state index >= 15 is 0 Å². The van der Waals surface area contributed by atoms with Gasteiger partial charge in [-0.25, -0.2) is 0 Å². The zero-order valence-electron chi connectivity index (χ0n) is 17.0. The van der Waals surface area contributed by atoms with Crippen LogP contribution in [0.3, 0.4) is 0 Å². The Hall–Kier alpha value is -2.93. The molecule has 29 heavy (non-hydrogen) atoms. The van der Waals surface area contributed by atoms with Crippen LogP contribution in [-0.2, 0) is 18.2 Å². The van der Waals surface area contributed by atoms with Crippen LogP contribution < -0.4 is 0 Å². The molecule has 0 aliphatic carbocycles. The molecule has 0 unspecified atom stereocenters. The summed E-state index contributed by atoms with van der Waals surface area (Å²) in [4.78, 5) is 0. The maximum Gasteiger partial charge on any atom is 0.247 e. The second-order valence-electron chi connectivity index (χ2n) is 7.85. The van der Waals surface area contributed by atoms with Gasteiger partial charge < -0.3 is 8.98 Å². The number of hydrogen-bond donors (Lipinski definition) is 0. The van der Waals surface area contributed by atoms with Crippen molar-refractivity contribution in [3.8, 4) is 22.8 Å². The molecule has 0 saturated carbocycles. The molecule has 2 aromatic carbocycles. The van der Waals surface area contributed by atoms with Gasteiger partial charge in [-0.05, 0) is 23.1 Å². The highest BCUT2D eigenvalue weighted by atomic mass is 32.2. The van der Waals surface area contributed by atoms with Crippen molar-refractivity contribution in [1.82, 2.24) is 25.0 Å². The summed E-state index contributed by atoms with van der Waals surface area (Å²) >= 11 is 1.52. The molecular weight excluding hydrogens is 382 g/mol. The van der Waals surface area contributed by atoms with E-state index in [4.69, 9.17) is 4.42 Å². The van der Waals surface area contributed by atoms with Gasteiger partial charge in [0.25, 0.3) is 0 Å². The minimum Gasteiger partial charge on any atom is -0.420 e. The van der Waals surface area contributed by atoms with E-state index < -0.39 is 0 Å². The lowest BCUT2D eigenvalue weighted by Gasteiger charge is -2.19. The summed E-state index contributed by atoms with van der Waals surface area (Å²) in [6, 6.07) is 18.3. The van der Waals surface area contributed by atoms with Gasteiger partial charge in [0, 0.05) is 18.2 Å². The molecule has 0 radical (unpaired) electrons. The summed E-state index contributed by atoms with van der Waals surface area (Å²) in [5, 5.41) is 17.8. The highest BCUT2D eigenvalue weighted by Crippen LogP contribution is 2.28. The van der Waals surface area contributed by atoms with Crippen LogP contribution >= 0.6 is 11.8 Å². The van der Waals surface area contributed by atoms with Crippen LogP contribution in [0.25, 0.3) is 22.8 Å². The first kappa shape index (κ1) is 19.4. The van der Waals surface area contributed by atoms with Crippen LogP contribution in [0.4, 0.5) is 0 Å². The minimum atomic E-state index is 0.127. The topological polar surface area (TPSA) is 69.6 Å². The van der Waals surface area contributed by atoms with E-state index in [1.54, 1.807) is 0 Å². The Balaban J connectivity index is 1.46. The lowest BCUT2D eigenvalue weighted by molar-refractivity contribution is 0.528. The maximum atomic E-state index is 5.77. The van der Waals surface area contributed by atoms with Gasteiger partial charge in [0.2, 0.25) is 11.8 Å². The Morgan fingerprint density at radius 2 is 1.59 bits per heavy atom. The average Bonchev–Trinajstić information content (AvgIpc) is 3.33. The molecule has 0 fully saturated rings. The standard InChI is InChI=1S/C22H23N5OS/c1-22(2,3)17-12-10-15(11-13-17)19-24-26-21(27(19)4)29-14-18-23-25-20(28-18)16-8-6-5-7-9-16/h5-13H,14H2,1-4H3. The third-order valence-corrected chi connectivity index (χ3v) is 5.66. The summed E-state index contributed by atoms with van der Waals surface area (Å²) in [7, 11) is 1.97. The number of hydrogen-bond acceptors (Lipinski definition) is 6. The van der Waals surface area contributed by atoms with Crippen molar-refractivity contribution in [2.45, 2.75) is 37.1 Å². The van der Waals surface area contributed by atoms with Crippen LogP contribution in [0.5, 0.6) is 0 Å². The van der Waals surface area contributed by atoms with Crippen LogP contribution in [-0.4, -0.2) is 25.0 Å². The van der Waals surface area contributed by atoms with Gasteiger partial charge >= 0.3 is 0 Å². The van der Waals surface area contributed by atoms with E-state index in [-0.39, 0.29) is 5.41 Å². The van der Waals surface area contributed by atoms with Crippen molar-refractivity contribution in [1.29, 1.82) is 0 Å². The van der Waals surface area contributed by atoms with Gasteiger partial charge in [-0.2, -0.15) is 0 Å². The van der Waals surface area contributed by atoms with Crippen molar-refractivity contribution in [2.75, 3.05) is 0 Å². The predicted octanol–water partition coefficient (Wildman–Crippen LogP) is 5.12. The molecule has 0 bridgehead atoms. The zero-order valence-corrected chi connectivity index (χ0v) is 17.8. The van der Waals surface area contributed by atoms with Crippen LogP contribution in [0.1, 0.15) is 32.2 Å². The first-order valence-corrected chi connectivity index (χ1v) is 10.4. The zero-order chi connectivity index (χ0) is 20.4. The molecule has 7 heteroatoms. The summed E-state index contributed by atoms with van der Waals surface area (Å²) in [6.45, 7) is 6.62. The van der Waals surface area contributed by atoms with E-state index in [0.29, 0.717) is 17.5 Å². The fraction of sp³-hybridized carbons (Fsp3) is 0.273. The van der Waals surface area contributed by atoms with Gasteiger partial charge in [-0.1, -0.05) is 75.0 Å². The summed E-state index contributed by atoms with van der Waals surface area (Å²) < 4.78 is 7.76. The lowest BCUT2D eigenvalue weighted by atomic mass is 9.87. The molecule has 0 N–H and O–H groups in total. The monoisotopic (exact) mass is 405 g/mol. The molecular formula is C22H23N5OS. The second kappa shape index (κ2) is 7.83. The van der Waals surface area contributed by atoms with E-state index in [9.17, 15) is 0 Å². The molecule has 0 amide bonds. The minimum absolute atomic E-state index is 0.127. The lowest BCUT2D eigenvalue weighted by Crippen LogP contribution is -2.10. The number of rotatable bonds is 5. The van der Waals surface area contributed by atoms with Crippen LogP contribution in [0, 0.1) is 0 Å². The SMILES string of the molecule is Cn1c(SCc2nnc(-c3ccccc3)o2)nnc1-c1ccc(C(C)(C)C)cc1. The fourth-order valence-electron chi connectivity index (χ4n) is 2.95. The second-order valence-corrected chi connectivity index (χ2v) is 8.79. The Morgan fingerprint density at radius 1 is 0.862 bits per heavy atom. The van der Waals surface area contributed by atoms with Gasteiger partial charge in [-0.15, -0.1) is 20.4 Å². The van der Waals surface area contributed by atoms with Crippen molar-refractivity contribution >= 4 is 11.8 Å². The van der Waals surface area contributed by atoms with Crippen molar-refractivity contribution in [2.24, 2.45) is 7.05 Å². The molecule has 0 aliphatic rings. The number of nitrogens with zero attached hydrogens (tertiary/aromatic N) is 5. The van der Waals surface area contributed by atoms with E-state index in [0.717, 1.165) is 22.1 Å². The number of aromatic nitrogens is 5. The van der Waals surface area contributed by atoms with Gasteiger partial charge in [0.1, 0.15) is 0 Å². The molecule has 0 atom stereocenters. The van der Waals surface area contributed by atoms with Gasteiger partial charge in [-0.3, -0.25) is 0 Å². The molecule has 4 rings (SSSR count). The third kappa shape index (κ3) is 4.24. The molecule has 0 saturated heterocycles. The van der Waals surface area contributed by atoms with E-state index in [1.165, 1.54) is 17.3 Å². The van der Waals surface area contributed by atoms with E-state index in [2.05, 4.69) is 65.4 Å². The Morgan fingerprint density at radius 3 is 2.28 bits per heavy atom. The molecule has 4 aromatic rings. The van der Waals surface area contributed by atoms with Crippen molar-refractivity contribution < 1.29 is 4.42 Å². The van der Waals surface area contributed by atoms with Gasteiger partial charge in [0.05, 0.1) is 5.75 Å². The van der Waals surface area contributed by atoms with Crippen molar-refractivity contribution in [3.63, 3.8) is 0 Å². The largest absolute Gasteiger partial charge is 0.420 e. The smallest absolute Gasteiger partial charge is 0.247 e. The van der Waals surface area contributed by atoms with Crippen LogP contribution in [0.15, 0.2) is 64.2 Å². The highest BCUT2D eigenvalue weighted by molar-refractivity contribution is 7.98. The predicted molar refractivity (Wildman–Crippen MR) is 114 cm³/mol. The fourth-order valence-corrected chi connectivity index (χ4v) is 3.69. The first-order valence-electron chi connectivity index (χ1n) is 9.43. The van der Waals surface area contributed by atoms with Crippen LogP contribution in [0.2, 0.25) is 0 Å². The molecule has 2 heterocycles. The molecule has 0 aliphatic heterocycles. The third-order valence-electron chi connectivity index (χ3n) is 4.66. The molecule has 0 spiro atoms. The molecule has 6 nitrogen and oxygen atoms in total. The Bertz CT molecular complexity index is 1090. The van der Waals surface area contributed by atoms with Crippen molar-refractivity contribution in [3.05, 3.63) is 66.1 Å². The Kier molecular flexibility index (Phi) is 5.24. The number of benzene rings is 2. The summed E-state index contributed by atoms with van der Waals surface area (Å²) in [6.07, 6.45) is 0. The normalized spacial score (nSPS) is 11.7. The highest BCUT2D eigenvalue weighted by Gasteiger charge is 2.16.